The monoisotopic (exact) mass is 350 g/mol. The van der Waals surface area contributed by atoms with Crippen LogP contribution in [-0.4, -0.2) is 30.7 Å². The number of rotatable bonds is 6. The number of allylic oxidation sites excluding steroid dienone is 1. The van der Waals surface area contributed by atoms with E-state index in [1.807, 2.05) is 0 Å². The summed E-state index contributed by atoms with van der Waals surface area (Å²) in [6.45, 7) is 7.32. The van der Waals surface area contributed by atoms with E-state index >= 15 is 0 Å². The fourth-order valence-corrected chi connectivity index (χ4v) is 1.79. The largest absolute Gasteiger partial charge is 0.435 e. The van der Waals surface area contributed by atoms with Crippen molar-refractivity contribution in [2.45, 2.75) is 65.8 Å². The van der Waals surface area contributed by atoms with Crippen molar-refractivity contribution in [2.24, 2.45) is 5.41 Å². The van der Waals surface area contributed by atoms with E-state index in [4.69, 9.17) is 0 Å². The van der Waals surface area contributed by atoms with Crippen molar-refractivity contribution in [1.29, 1.82) is 0 Å². The Morgan fingerprint density at radius 1 is 1.09 bits per heavy atom. The van der Waals surface area contributed by atoms with Crippen molar-refractivity contribution in [3.8, 4) is 0 Å². The molecule has 23 heavy (non-hydrogen) atoms. The number of carbonyl (C=O) groups excluding carboxylic acids is 1. The lowest BCUT2D eigenvalue weighted by Crippen LogP contribution is -2.47. The van der Waals surface area contributed by atoms with Crippen LogP contribution in [0.2, 0.25) is 0 Å². The standard InChI is InChI=1S/C14H20F6O3/c1-6-12(5,7-8(2)3)11(21)23-9(4)22-10(13(15,16)17)14(18,19)20/h7,9-10H,6H2,1-5H3. The molecule has 3 nitrogen and oxygen atoms in total. The Morgan fingerprint density at radius 2 is 1.52 bits per heavy atom. The highest BCUT2D eigenvalue weighted by Crippen LogP contribution is 2.37. The summed E-state index contributed by atoms with van der Waals surface area (Å²) in [6.07, 6.45) is -15.6. The maximum atomic E-state index is 12.4. The van der Waals surface area contributed by atoms with E-state index < -0.39 is 36.1 Å². The molecule has 0 radical (unpaired) electrons. The molecular formula is C14H20F6O3. The minimum atomic E-state index is -5.66. The zero-order valence-electron chi connectivity index (χ0n) is 13.4. The number of carbonyl (C=O) groups is 1. The van der Waals surface area contributed by atoms with Crippen molar-refractivity contribution in [3.05, 3.63) is 11.6 Å². The van der Waals surface area contributed by atoms with Gasteiger partial charge in [-0.2, -0.15) is 26.3 Å². The van der Waals surface area contributed by atoms with Gasteiger partial charge < -0.3 is 9.47 Å². The van der Waals surface area contributed by atoms with E-state index in [9.17, 15) is 31.1 Å². The van der Waals surface area contributed by atoms with Gasteiger partial charge in [0.1, 0.15) is 0 Å². The third-order valence-corrected chi connectivity index (χ3v) is 3.00. The van der Waals surface area contributed by atoms with Crippen LogP contribution < -0.4 is 0 Å². The zero-order chi connectivity index (χ0) is 18.6. The minimum Gasteiger partial charge on any atom is -0.435 e. The van der Waals surface area contributed by atoms with Crippen LogP contribution in [0.15, 0.2) is 11.6 Å². The van der Waals surface area contributed by atoms with E-state index in [1.165, 1.54) is 13.0 Å². The second-order valence-electron chi connectivity index (χ2n) is 5.56. The molecule has 0 saturated carbocycles. The van der Waals surface area contributed by atoms with Gasteiger partial charge in [0, 0.05) is 0 Å². The van der Waals surface area contributed by atoms with Crippen molar-refractivity contribution < 1.29 is 40.6 Å². The van der Waals surface area contributed by atoms with Crippen LogP contribution in [0.4, 0.5) is 26.3 Å². The quantitative estimate of drug-likeness (QED) is 0.300. The molecule has 0 aliphatic heterocycles. The highest BCUT2D eigenvalue weighted by atomic mass is 19.4. The van der Waals surface area contributed by atoms with E-state index in [1.54, 1.807) is 20.8 Å². The molecule has 9 heteroatoms. The molecule has 0 saturated heterocycles. The number of esters is 1. The second kappa shape index (κ2) is 7.55. The predicted molar refractivity (Wildman–Crippen MR) is 70.4 cm³/mol. The van der Waals surface area contributed by atoms with Gasteiger partial charge in [-0.05, 0) is 34.1 Å². The van der Waals surface area contributed by atoms with Crippen LogP contribution in [0.5, 0.6) is 0 Å². The van der Waals surface area contributed by atoms with Crippen LogP contribution >= 0.6 is 0 Å². The Bertz CT molecular complexity index is 423. The fourth-order valence-electron chi connectivity index (χ4n) is 1.79. The van der Waals surface area contributed by atoms with Crippen LogP contribution in [0.3, 0.4) is 0 Å². The Hall–Kier alpha value is -1.25. The average Bonchev–Trinajstić information content (AvgIpc) is 2.32. The zero-order valence-corrected chi connectivity index (χ0v) is 13.4. The first-order valence-corrected chi connectivity index (χ1v) is 6.79. The lowest BCUT2D eigenvalue weighted by atomic mass is 9.86. The van der Waals surface area contributed by atoms with E-state index in [2.05, 4.69) is 9.47 Å². The summed E-state index contributed by atoms with van der Waals surface area (Å²) in [7, 11) is 0. The summed E-state index contributed by atoms with van der Waals surface area (Å²) in [5.74, 6) is -0.961. The van der Waals surface area contributed by atoms with Gasteiger partial charge in [-0.3, -0.25) is 4.79 Å². The van der Waals surface area contributed by atoms with Gasteiger partial charge in [0.05, 0.1) is 5.41 Å². The van der Waals surface area contributed by atoms with Gasteiger partial charge in [0.25, 0.3) is 6.10 Å². The summed E-state index contributed by atoms with van der Waals surface area (Å²) < 4.78 is 82.8. The minimum absolute atomic E-state index is 0.256. The predicted octanol–water partition coefficient (Wildman–Crippen LogP) is 4.77. The Kier molecular flexibility index (Phi) is 7.14. The molecule has 0 amide bonds. The van der Waals surface area contributed by atoms with Crippen molar-refractivity contribution in [2.75, 3.05) is 0 Å². The molecule has 0 aromatic heterocycles. The fraction of sp³-hybridized carbons (Fsp3) is 0.786. The van der Waals surface area contributed by atoms with E-state index in [0.29, 0.717) is 0 Å². The van der Waals surface area contributed by atoms with Crippen LogP contribution in [0.25, 0.3) is 0 Å². The Labute approximate surface area is 130 Å². The lowest BCUT2D eigenvalue weighted by molar-refractivity contribution is -0.347. The summed E-state index contributed by atoms with van der Waals surface area (Å²) >= 11 is 0. The number of hydrogen-bond donors (Lipinski definition) is 0. The molecule has 0 aromatic rings. The molecule has 0 N–H and O–H groups in total. The number of alkyl halides is 6. The van der Waals surface area contributed by atoms with Gasteiger partial charge in [-0.1, -0.05) is 18.6 Å². The smallest absolute Gasteiger partial charge is 0.423 e. The van der Waals surface area contributed by atoms with Crippen molar-refractivity contribution in [3.63, 3.8) is 0 Å². The third-order valence-electron chi connectivity index (χ3n) is 3.00. The molecule has 136 valence electrons. The third kappa shape index (κ3) is 6.80. The highest BCUT2D eigenvalue weighted by Gasteiger charge is 2.59. The van der Waals surface area contributed by atoms with E-state index in [-0.39, 0.29) is 6.42 Å². The van der Waals surface area contributed by atoms with Gasteiger partial charge in [0.15, 0.2) is 0 Å². The molecule has 0 rings (SSSR count). The first-order chi connectivity index (χ1) is 10.1. The molecule has 0 heterocycles. The van der Waals surface area contributed by atoms with Gasteiger partial charge in [-0.15, -0.1) is 0 Å². The Morgan fingerprint density at radius 3 is 1.83 bits per heavy atom. The normalized spacial score (nSPS) is 16.7. The van der Waals surface area contributed by atoms with Crippen molar-refractivity contribution in [1.82, 2.24) is 0 Å². The first-order valence-electron chi connectivity index (χ1n) is 6.79. The second-order valence-corrected chi connectivity index (χ2v) is 5.56. The van der Waals surface area contributed by atoms with Gasteiger partial charge >= 0.3 is 18.3 Å². The summed E-state index contributed by atoms with van der Waals surface area (Å²) in [4.78, 5) is 12.0. The highest BCUT2D eigenvalue weighted by molar-refractivity contribution is 5.78. The van der Waals surface area contributed by atoms with Gasteiger partial charge in [-0.25, -0.2) is 0 Å². The summed E-state index contributed by atoms with van der Waals surface area (Å²) in [5.41, 5.74) is -0.411. The number of ether oxygens (including phenoxy) is 2. The molecule has 0 aliphatic rings. The molecule has 0 bridgehead atoms. The van der Waals surface area contributed by atoms with Crippen LogP contribution in [0.1, 0.15) is 41.0 Å². The SMILES string of the molecule is CCC(C)(C=C(C)C)C(=O)OC(C)OC(C(F)(F)F)C(F)(F)F. The topological polar surface area (TPSA) is 35.5 Å². The Balaban J connectivity index is 5.10. The molecule has 2 atom stereocenters. The maximum Gasteiger partial charge on any atom is 0.423 e. The van der Waals surface area contributed by atoms with Crippen LogP contribution in [-0.2, 0) is 14.3 Å². The van der Waals surface area contributed by atoms with Crippen LogP contribution in [0, 0.1) is 5.41 Å². The molecule has 0 fully saturated rings. The molecule has 0 aromatic carbocycles. The lowest BCUT2D eigenvalue weighted by Gasteiger charge is -2.29. The number of hydrogen-bond acceptors (Lipinski definition) is 3. The maximum absolute atomic E-state index is 12.4. The van der Waals surface area contributed by atoms with Crippen molar-refractivity contribution >= 4 is 5.97 Å². The average molecular weight is 350 g/mol. The van der Waals surface area contributed by atoms with E-state index in [0.717, 1.165) is 12.5 Å². The number of halogens is 6. The molecule has 0 aliphatic carbocycles. The summed E-state index contributed by atoms with van der Waals surface area (Å²) in [6, 6.07) is 0. The molecule has 2 unspecified atom stereocenters. The first kappa shape index (κ1) is 21.8. The van der Waals surface area contributed by atoms with Gasteiger partial charge in [0.2, 0.25) is 6.29 Å². The summed E-state index contributed by atoms with van der Waals surface area (Å²) in [5, 5.41) is 0. The molecule has 0 spiro atoms. The molecular weight excluding hydrogens is 330 g/mol.